The SMILES string of the molecule is CC(C)(C)OC(=O)NCc1nn(-c2ccc(OC(F)(F)F)cc2)c2nccc(C(=O)NCC(O)O)c12. The van der Waals surface area contributed by atoms with Crippen molar-refractivity contribution in [2.75, 3.05) is 6.54 Å². The van der Waals surface area contributed by atoms with Crippen LogP contribution in [0, 0.1) is 0 Å². The maximum atomic E-state index is 12.7. The third-order valence-electron chi connectivity index (χ3n) is 4.44. The van der Waals surface area contributed by atoms with Gasteiger partial charge in [0.2, 0.25) is 0 Å². The first-order chi connectivity index (χ1) is 16.7. The van der Waals surface area contributed by atoms with Crippen LogP contribution >= 0.6 is 0 Å². The lowest BCUT2D eigenvalue weighted by Gasteiger charge is -2.19. The summed E-state index contributed by atoms with van der Waals surface area (Å²) in [5.41, 5.74) is -0.0190. The van der Waals surface area contributed by atoms with Crippen LogP contribution < -0.4 is 15.4 Å². The quantitative estimate of drug-likeness (QED) is 0.354. The molecular formula is C22H24F3N5O6. The van der Waals surface area contributed by atoms with Crippen molar-refractivity contribution in [3.05, 3.63) is 47.8 Å². The minimum Gasteiger partial charge on any atom is -0.444 e. The van der Waals surface area contributed by atoms with E-state index in [2.05, 4.69) is 25.5 Å². The summed E-state index contributed by atoms with van der Waals surface area (Å²) in [6, 6.07) is 6.19. The predicted molar refractivity (Wildman–Crippen MR) is 119 cm³/mol. The minimum absolute atomic E-state index is 0.0740. The third-order valence-corrected chi connectivity index (χ3v) is 4.44. The lowest BCUT2D eigenvalue weighted by Crippen LogP contribution is -2.33. The van der Waals surface area contributed by atoms with E-state index in [1.54, 1.807) is 20.8 Å². The van der Waals surface area contributed by atoms with Crippen molar-refractivity contribution in [1.29, 1.82) is 0 Å². The highest BCUT2D eigenvalue weighted by molar-refractivity contribution is 6.06. The highest BCUT2D eigenvalue weighted by atomic mass is 19.4. The number of ether oxygens (including phenoxy) is 2. The number of nitrogens with one attached hydrogen (secondary N) is 2. The fourth-order valence-electron chi connectivity index (χ4n) is 3.15. The van der Waals surface area contributed by atoms with Crippen LogP contribution in [-0.2, 0) is 11.3 Å². The van der Waals surface area contributed by atoms with Crippen molar-refractivity contribution >= 4 is 23.0 Å². The van der Waals surface area contributed by atoms with E-state index in [1.165, 1.54) is 29.1 Å². The topological polar surface area (TPSA) is 148 Å². The molecule has 4 N–H and O–H groups in total. The van der Waals surface area contributed by atoms with Crippen molar-refractivity contribution in [2.24, 2.45) is 0 Å². The van der Waals surface area contributed by atoms with Crippen LogP contribution in [0.15, 0.2) is 36.5 Å². The number of hydrogen-bond acceptors (Lipinski definition) is 8. The summed E-state index contributed by atoms with van der Waals surface area (Å²) in [7, 11) is 0. The van der Waals surface area contributed by atoms with Crippen molar-refractivity contribution in [1.82, 2.24) is 25.4 Å². The van der Waals surface area contributed by atoms with E-state index in [0.717, 1.165) is 12.1 Å². The van der Waals surface area contributed by atoms with Crippen LogP contribution in [0.3, 0.4) is 0 Å². The van der Waals surface area contributed by atoms with E-state index < -0.39 is 42.5 Å². The first-order valence-corrected chi connectivity index (χ1v) is 10.6. The van der Waals surface area contributed by atoms with Gasteiger partial charge in [-0.1, -0.05) is 0 Å². The first kappa shape index (κ1) is 26.7. The van der Waals surface area contributed by atoms with E-state index >= 15 is 0 Å². The summed E-state index contributed by atoms with van der Waals surface area (Å²) in [6.07, 6.45) is -6.06. The van der Waals surface area contributed by atoms with Gasteiger partial charge in [-0.05, 0) is 51.1 Å². The van der Waals surface area contributed by atoms with Crippen LogP contribution in [0.1, 0.15) is 36.8 Å². The Balaban J connectivity index is 2.02. The van der Waals surface area contributed by atoms with Crippen LogP contribution in [0.5, 0.6) is 5.75 Å². The number of nitrogens with zero attached hydrogens (tertiary/aromatic N) is 3. The first-order valence-electron chi connectivity index (χ1n) is 10.6. The molecule has 2 heterocycles. The van der Waals surface area contributed by atoms with E-state index in [1.807, 2.05) is 0 Å². The molecule has 3 aromatic rings. The second-order valence-electron chi connectivity index (χ2n) is 8.50. The largest absolute Gasteiger partial charge is 0.573 e. The van der Waals surface area contributed by atoms with E-state index in [9.17, 15) is 22.8 Å². The lowest BCUT2D eigenvalue weighted by atomic mass is 10.1. The monoisotopic (exact) mass is 511 g/mol. The summed E-state index contributed by atoms with van der Waals surface area (Å²) >= 11 is 0. The number of aliphatic hydroxyl groups excluding tert-OH is 1. The minimum atomic E-state index is -4.85. The molecule has 2 aromatic heterocycles. The van der Waals surface area contributed by atoms with Gasteiger partial charge in [-0.3, -0.25) is 4.79 Å². The molecule has 0 saturated heterocycles. The van der Waals surface area contributed by atoms with Crippen LogP contribution in [-0.4, -0.2) is 61.8 Å². The number of alkyl carbamates (subject to hydrolysis) is 1. The number of rotatable bonds is 7. The Bertz CT molecular complexity index is 1240. The zero-order valence-electron chi connectivity index (χ0n) is 19.5. The van der Waals surface area contributed by atoms with Crippen LogP contribution in [0.25, 0.3) is 16.7 Å². The zero-order chi connectivity index (χ0) is 26.7. The Morgan fingerprint density at radius 1 is 1.08 bits per heavy atom. The maximum absolute atomic E-state index is 12.7. The molecule has 36 heavy (non-hydrogen) atoms. The van der Waals surface area contributed by atoms with E-state index in [0.29, 0.717) is 5.69 Å². The predicted octanol–water partition coefficient (Wildman–Crippen LogP) is 2.38. The number of alkyl halides is 3. The molecule has 1 aromatic carbocycles. The summed E-state index contributed by atoms with van der Waals surface area (Å²) in [4.78, 5) is 29.2. The van der Waals surface area contributed by atoms with Gasteiger partial charge in [0.1, 0.15) is 11.4 Å². The van der Waals surface area contributed by atoms with Gasteiger partial charge < -0.3 is 30.3 Å². The van der Waals surface area contributed by atoms with Crippen molar-refractivity contribution in [2.45, 2.75) is 45.6 Å². The van der Waals surface area contributed by atoms with Crippen molar-refractivity contribution < 1.29 is 42.4 Å². The fourth-order valence-corrected chi connectivity index (χ4v) is 3.15. The molecule has 0 saturated carbocycles. The molecule has 3 rings (SSSR count). The Labute approximate surface area is 202 Å². The second kappa shape index (κ2) is 10.4. The average molecular weight is 511 g/mol. The van der Waals surface area contributed by atoms with Gasteiger partial charge in [-0.15, -0.1) is 13.2 Å². The molecule has 0 radical (unpaired) electrons. The summed E-state index contributed by atoms with van der Waals surface area (Å²) in [5, 5.41) is 27.7. The molecule has 0 aliphatic rings. The smallest absolute Gasteiger partial charge is 0.444 e. The summed E-state index contributed by atoms with van der Waals surface area (Å²) < 4.78 is 47.9. The molecule has 0 unspecified atom stereocenters. The number of aliphatic hydroxyl groups is 2. The number of benzene rings is 1. The maximum Gasteiger partial charge on any atom is 0.573 e. The lowest BCUT2D eigenvalue weighted by molar-refractivity contribution is -0.274. The number of pyridine rings is 1. The molecular weight excluding hydrogens is 487 g/mol. The van der Waals surface area contributed by atoms with Gasteiger partial charge in [0.15, 0.2) is 11.9 Å². The number of amides is 2. The number of carbonyl (C=O) groups excluding carboxylic acids is 2. The number of halogens is 3. The van der Waals surface area contributed by atoms with E-state index in [-0.39, 0.29) is 28.8 Å². The molecule has 0 aliphatic carbocycles. The van der Waals surface area contributed by atoms with Gasteiger partial charge in [-0.25, -0.2) is 14.5 Å². The summed E-state index contributed by atoms with van der Waals surface area (Å²) in [5.74, 6) is -1.10. The molecule has 2 amide bonds. The number of hydrogen-bond donors (Lipinski definition) is 4. The second-order valence-corrected chi connectivity index (χ2v) is 8.50. The molecule has 0 fully saturated rings. The standard InChI is InChI=1S/C22H24F3N5O6/c1-21(2,3)36-20(34)28-10-15-17-14(19(33)27-11-16(31)32)8-9-26-18(17)30(29-15)12-4-6-13(7-5-12)35-22(23,24)25/h4-9,16,31-32H,10-11H2,1-3H3,(H,27,33)(H,28,34). The van der Waals surface area contributed by atoms with Gasteiger partial charge in [0, 0.05) is 6.20 Å². The number of aromatic nitrogens is 3. The molecule has 0 spiro atoms. The molecule has 0 atom stereocenters. The normalized spacial score (nSPS) is 12.0. The molecule has 0 bridgehead atoms. The zero-order valence-corrected chi connectivity index (χ0v) is 19.5. The van der Waals surface area contributed by atoms with Crippen molar-refractivity contribution in [3.63, 3.8) is 0 Å². The Kier molecular flexibility index (Phi) is 7.69. The van der Waals surface area contributed by atoms with Crippen molar-refractivity contribution in [3.8, 4) is 11.4 Å². The number of carbonyl (C=O) groups is 2. The summed E-state index contributed by atoms with van der Waals surface area (Å²) in [6.45, 7) is 4.44. The van der Waals surface area contributed by atoms with Crippen LogP contribution in [0.4, 0.5) is 18.0 Å². The third kappa shape index (κ3) is 7.05. The van der Waals surface area contributed by atoms with Gasteiger partial charge >= 0.3 is 12.5 Å². The highest BCUT2D eigenvalue weighted by Crippen LogP contribution is 2.27. The Hall–Kier alpha value is -3.91. The molecule has 14 heteroatoms. The molecule has 194 valence electrons. The highest BCUT2D eigenvalue weighted by Gasteiger charge is 2.31. The Morgan fingerprint density at radius 3 is 2.33 bits per heavy atom. The van der Waals surface area contributed by atoms with Gasteiger partial charge in [0.05, 0.1) is 35.4 Å². The molecule has 11 nitrogen and oxygen atoms in total. The van der Waals surface area contributed by atoms with Gasteiger partial charge in [-0.2, -0.15) is 5.10 Å². The average Bonchev–Trinajstić information content (AvgIpc) is 3.13. The van der Waals surface area contributed by atoms with Gasteiger partial charge in [0.25, 0.3) is 5.91 Å². The van der Waals surface area contributed by atoms with E-state index in [4.69, 9.17) is 14.9 Å². The number of fused-ring (bicyclic) bond motifs is 1. The fraction of sp³-hybridized carbons (Fsp3) is 0.364. The van der Waals surface area contributed by atoms with Crippen LogP contribution in [0.2, 0.25) is 0 Å². The Morgan fingerprint density at radius 2 is 1.75 bits per heavy atom. The molecule has 0 aliphatic heterocycles.